The zero-order valence-electron chi connectivity index (χ0n) is 8.35. The number of aliphatic hydroxyl groups is 4. The molecule has 0 aliphatic carbocycles. The lowest BCUT2D eigenvalue weighted by Gasteiger charge is -2.41. The predicted octanol–water partition coefficient (Wildman–Crippen LogP) is -2.52. The summed E-state index contributed by atoms with van der Waals surface area (Å²) in [6.45, 7) is -0.356. The third-order valence-corrected chi connectivity index (χ3v) is 3.33. The van der Waals surface area contributed by atoms with Crippen molar-refractivity contribution < 1.29 is 25.2 Å². The van der Waals surface area contributed by atoms with Crippen LogP contribution in [0.4, 0.5) is 0 Å². The van der Waals surface area contributed by atoms with Gasteiger partial charge in [0.25, 0.3) is 0 Å². The molecule has 1 saturated heterocycles. The largest absolute Gasteiger partial charge is 0.395 e. The molecule has 0 aromatic rings. The van der Waals surface area contributed by atoms with Gasteiger partial charge in [0.15, 0.2) is 0 Å². The fraction of sp³-hybridized carbons (Fsp3) is 1.00. The first-order chi connectivity index (χ1) is 7.02. The molecule has 0 bridgehead atoms. The number of rotatable bonds is 3. The van der Waals surface area contributed by atoms with Gasteiger partial charge in [-0.05, 0) is 6.26 Å². The van der Waals surface area contributed by atoms with Crippen molar-refractivity contribution in [3.05, 3.63) is 0 Å². The van der Waals surface area contributed by atoms with Gasteiger partial charge in [-0.2, -0.15) is 0 Å². The second-order valence-electron chi connectivity index (χ2n) is 3.52. The van der Waals surface area contributed by atoms with E-state index in [1.54, 1.807) is 6.26 Å². The van der Waals surface area contributed by atoms with Crippen LogP contribution in [0.25, 0.3) is 0 Å². The third-order valence-electron chi connectivity index (χ3n) is 2.47. The Labute approximate surface area is 92.0 Å². The summed E-state index contributed by atoms with van der Waals surface area (Å²) in [6.07, 6.45) is -2.91. The second kappa shape index (κ2) is 5.44. The molecule has 15 heavy (non-hydrogen) atoms. The molecule has 0 radical (unpaired) electrons. The predicted molar refractivity (Wildman–Crippen MR) is 55.3 cm³/mol. The minimum absolute atomic E-state index is 0.356. The van der Waals surface area contributed by atoms with Crippen LogP contribution in [0.2, 0.25) is 0 Å². The molecule has 0 aromatic heterocycles. The number of thioether (sulfide) groups is 1. The van der Waals surface area contributed by atoms with Crippen LogP contribution in [0, 0.1) is 0 Å². The highest BCUT2D eigenvalue weighted by molar-refractivity contribution is 7.99. The number of hydrogen-bond donors (Lipinski definition) is 5. The summed E-state index contributed by atoms with van der Waals surface area (Å²) in [4.78, 5) is 0. The van der Waals surface area contributed by atoms with Crippen LogP contribution in [0.1, 0.15) is 0 Å². The van der Waals surface area contributed by atoms with Gasteiger partial charge in [0.05, 0.1) is 12.6 Å². The number of hydrogen-bond acceptors (Lipinski definition) is 7. The Bertz CT molecular complexity index is 205. The number of aliphatic hydroxyl groups excluding tert-OH is 4. The molecule has 1 rings (SSSR count). The zero-order chi connectivity index (χ0) is 11.6. The zero-order valence-corrected chi connectivity index (χ0v) is 9.17. The molecular formula is C8H17NO5S. The summed E-state index contributed by atoms with van der Waals surface area (Å²) in [7, 11) is 0. The molecule has 7 heteroatoms. The van der Waals surface area contributed by atoms with Crippen LogP contribution in [-0.2, 0) is 4.74 Å². The van der Waals surface area contributed by atoms with E-state index in [4.69, 9.17) is 15.6 Å². The normalized spacial score (nSPS) is 44.0. The first-order valence-electron chi connectivity index (χ1n) is 4.61. The Hall–Kier alpha value is 0.110. The molecule has 6 N–H and O–H groups in total. The Kier molecular flexibility index (Phi) is 4.78. The average molecular weight is 239 g/mol. The van der Waals surface area contributed by atoms with Gasteiger partial charge in [-0.25, -0.2) is 0 Å². The van der Waals surface area contributed by atoms with Crippen molar-refractivity contribution in [2.75, 3.05) is 12.9 Å². The summed E-state index contributed by atoms with van der Waals surface area (Å²) in [5.74, 6) is 0. The summed E-state index contributed by atoms with van der Waals surface area (Å²) in [6, 6.07) is -0.781. The van der Waals surface area contributed by atoms with E-state index >= 15 is 0 Å². The van der Waals surface area contributed by atoms with E-state index in [1.165, 1.54) is 11.8 Å². The van der Waals surface area contributed by atoms with Crippen LogP contribution < -0.4 is 5.73 Å². The van der Waals surface area contributed by atoms with Crippen molar-refractivity contribution in [3.8, 4) is 0 Å². The van der Waals surface area contributed by atoms with E-state index in [1.807, 2.05) is 0 Å². The van der Waals surface area contributed by atoms with Gasteiger partial charge in [0.1, 0.15) is 29.9 Å². The smallest absolute Gasteiger partial charge is 0.132 e. The molecule has 1 aliphatic rings. The molecule has 0 saturated carbocycles. The summed E-state index contributed by atoms with van der Waals surface area (Å²) in [5, 5.41) is 37.5. The molecule has 0 aromatic carbocycles. The van der Waals surface area contributed by atoms with E-state index in [0.29, 0.717) is 0 Å². The second-order valence-corrected chi connectivity index (χ2v) is 4.46. The van der Waals surface area contributed by atoms with Gasteiger partial charge in [0, 0.05) is 0 Å². The van der Waals surface area contributed by atoms with Gasteiger partial charge < -0.3 is 30.9 Å². The fourth-order valence-corrected chi connectivity index (χ4v) is 2.21. The first-order valence-corrected chi connectivity index (χ1v) is 5.90. The number of ether oxygens (including phenoxy) is 1. The van der Waals surface area contributed by atoms with E-state index in [0.717, 1.165) is 0 Å². The van der Waals surface area contributed by atoms with Gasteiger partial charge in [-0.1, -0.05) is 0 Å². The van der Waals surface area contributed by atoms with E-state index in [9.17, 15) is 15.3 Å². The quantitative estimate of drug-likeness (QED) is 0.369. The maximum atomic E-state index is 9.59. The molecule has 6 nitrogen and oxygen atoms in total. The van der Waals surface area contributed by atoms with Crippen molar-refractivity contribution >= 4 is 11.8 Å². The van der Waals surface area contributed by atoms with Crippen molar-refractivity contribution in [1.82, 2.24) is 0 Å². The van der Waals surface area contributed by atoms with Crippen LogP contribution >= 0.6 is 11.8 Å². The number of nitrogens with two attached hydrogens (primary N) is 1. The van der Waals surface area contributed by atoms with Crippen LogP contribution in [-0.4, -0.2) is 69.2 Å². The van der Waals surface area contributed by atoms with Crippen molar-refractivity contribution in [1.29, 1.82) is 0 Å². The fourth-order valence-electron chi connectivity index (χ4n) is 1.53. The summed E-state index contributed by atoms with van der Waals surface area (Å²) >= 11 is 1.21. The van der Waals surface area contributed by atoms with Crippen molar-refractivity contribution in [3.63, 3.8) is 0 Å². The van der Waals surface area contributed by atoms with Crippen molar-refractivity contribution in [2.24, 2.45) is 5.73 Å². The van der Waals surface area contributed by atoms with Crippen LogP contribution in [0.15, 0.2) is 0 Å². The molecule has 0 amide bonds. The highest BCUT2D eigenvalue weighted by atomic mass is 32.2. The standard InChI is InChI=1S/C8H17NO5S/c1-15-8-6(13)4(11)5(12)7(14-8)3(9)2-10/h3-8,10-13H,2,9H2,1H3/t3-,4-,5?,6-,7-,8?/m1/s1. The molecule has 90 valence electrons. The average Bonchev–Trinajstić information content (AvgIpc) is 2.25. The molecular weight excluding hydrogens is 222 g/mol. The molecule has 1 fully saturated rings. The minimum atomic E-state index is -1.31. The SMILES string of the molecule is CSC1O[C@H]([C@H](N)CO)C(O)[C@@H](O)[C@H]1O. The molecule has 6 atom stereocenters. The molecule has 0 spiro atoms. The lowest BCUT2D eigenvalue weighted by molar-refractivity contribution is -0.204. The third kappa shape index (κ3) is 2.62. The minimum Gasteiger partial charge on any atom is -0.395 e. The van der Waals surface area contributed by atoms with E-state index in [2.05, 4.69) is 0 Å². The van der Waals surface area contributed by atoms with E-state index in [-0.39, 0.29) is 6.61 Å². The summed E-state index contributed by atoms with van der Waals surface area (Å²) in [5.41, 5.74) is 4.88. The highest BCUT2D eigenvalue weighted by Crippen LogP contribution is 2.27. The van der Waals surface area contributed by atoms with Gasteiger partial charge in [0.2, 0.25) is 0 Å². The lowest BCUT2D eigenvalue weighted by Crippen LogP contribution is -2.62. The van der Waals surface area contributed by atoms with Crippen LogP contribution in [0.3, 0.4) is 0 Å². The van der Waals surface area contributed by atoms with Gasteiger partial charge in [-0.15, -0.1) is 11.8 Å². The molecule has 2 unspecified atom stereocenters. The first kappa shape index (κ1) is 13.2. The van der Waals surface area contributed by atoms with Crippen LogP contribution in [0.5, 0.6) is 0 Å². The van der Waals surface area contributed by atoms with Gasteiger partial charge in [-0.3, -0.25) is 0 Å². The summed E-state index contributed by atoms with van der Waals surface area (Å²) < 4.78 is 5.30. The monoisotopic (exact) mass is 239 g/mol. The van der Waals surface area contributed by atoms with Crippen molar-refractivity contribution in [2.45, 2.75) is 35.9 Å². The Morgan fingerprint density at radius 1 is 1.27 bits per heavy atom. The van der Waals surface area contributed by atoms with E-state index < -0.39 is 35.9 Å². The topological polar surface area (TPSA) is 116 Å². The highest BCUT2D eigenvalue weighted by Gasteiger charge is 2.45. The Morgan fingerprint density at radius 2 is 1.87 bits per heavy atom. The maximum Gasteiger partial charge on any atom is 0.132 e. The molecule has 1 aliphatic heterocycles. The Morgan fingerprint density at radius 3 is 2.33 bits per heavy atom. The molecule has 1 heterocycles. The lowest BCUT2D eigenvalue weighted by atomic mass is 9.95. The maximum absolute atomic E-state index is 9.59. The van der Waals surface area contributed by atoms with Gasteiger partial charge >= 0.3 is 0 Å². The Balaban J connectivity index is 2.74.